The van der Waals surface area contributed by atoms with Crippen LogP contribution in [0.15, 0.2) is 18.2 Å². The predicted molar refractivity (Wildman–Crippen MR) is 69.5 cm³/mol. The van der Waals surface area contributed by atoms with Crippen molar-refractivity contribution in [1.29, 1.82) is 0 Å². The zero-order chi connectivity index (χ0) is 14.3. The number of benzene rings is 1. The molecule has 0 aliphatic rings. The van der Waals surface area contributed by atoms with E-state index in [0.717, 1.165) is 5.56 Å². The molecular formula is C13H19NO5. The van der Waals surface area contributed by atoms with Gasteiger partial charge in [0.25, 0.3) is 0 Å². The third-order valence-corrected chi connectivity index (χ3v) is 2.57. The Hall–Kier alpha value is -1.95. The Bertz CT molecular complexity index is 421. The van der Waals surface area contributed by atoms with Crippen LogP contribution in [0.1, 0.15) is 18.5 Å². The van der Waals surface area contributed by atoms with Crippen LogP contribution >= 0.6 is 0 Å². The van der Waals surface area contributed by atoms with Crippen LogP contribution in [0.25, 0.3) is 0 Å². The lowest BCUT2D eigenvalue weighted by molar-refractivity contribution is 0.116. The molecule has 0 aromatic heterocycles. The van der Waals surface area contributed by atoms with Gasteiger partial charge < -0.3 is 24.6 Å². The lowest BCUT2D eigenvalue weighted by atomic mass is 10.1. The number of aliphatic hydroxyl groups excluding tert-OH is 1. The molecule has 0 fully saturated rings. The molecule has 2 N–H and O–H groups in total. The van der Waals surface area contributed by atoms with Crippen LogP contribution in [0.2, 0.25) is 0 Å². The fourth-order valence-electron chi connectivity index (χ4n) is 1.61. The van der Waals surface area contributed by atoms with Crippen LogP contribution in [0.5, 0.6) is 11.5 Å². The zero-order valence-corrected chi connectivity index (χ0v) is 11.3. The van der Waals surface area contributed by atoms with Gasteiger partial charge in [-0.3, -0.25) is 0 Å². The van der Waals surface area contributed by atoms with E-state index in [2.05, 4.69) is 5.32 Å². The average molecular weight is 269 g/mol. The second-order valence-corrected chi connectivity index (χ2v) is 3.83. The van der Waals surface area contributed by atoms with Gasteiger partial charge in [0.2, 0.25) is 0 Å². The summed E-state index contributed by atoms with van der Waals surface area (Å²) in [4.78, 5) is 11.4. The van der Waals surface area contributed by atoms with E-state index in [0.29, 0.717) is 11.5 Å². The first-order chi connectivity index (χ1) is 9.12. The van der Waals surface area contributed by atoms with Gasteiger partial charge in [0.05, 0.1) is 26.9 Å². The Balaban J connectivity index is 2.75. The van der Waals surface area contributed by atoms with Crippen molar-refractivity contribution in [3.05, 3.63) is 23.8 Å². The van der Waals surface area contributed by atoms with E-state index >= 15 is 0 Å². The van der Waals surface area contributed by atoms with Gasteiger partial charge in [-0.2, -0.15) is 0 Å². The van der Waals surface area contributed by atoms with Gasteiger partial charge in [-0.25, -0.2) is 4.79 Å². The molecule has 1 aromatic rings. The molecule has 0 bridgehead atoms. The molecule has 0 aliphatic heterocycles. The molecule has 0 spiro atoms. The highest BCUT2D eigenvalue weighted by atomic mass is 16.6. The van der Waals surface area contributed by atoms with E-state index in [-0.39, 0.29) is 19.3 Å². The number of carbonyl (C=O) groups is 1. The summed E-state index contributed by atoms with van der Waals surface area (Å²) in [6.07, 6.45) is -0.584. The SMILES string of the molecule is COc1ccc(C(C)NC(=O)OCCO)c(OC)c1. The second-order valence-electron chi connectivity index (χ2n) is 3.83. The van der Waals surface area contributed by atoms with Crippen molar-refractivity contribution in [3.63, 3.8) is 0 Å². The summed E-state index contributed by atoms with van der Waals surface area (Å²) in [5, 5.41) is 11.2. The molecule has 0 heterocycles. The third kappa shape index (κ3) is 4.33. The molecule has 1 atom stereocenters. The highest BCUT2D eigenvalue weighted by molar-refractivity contribution is 5.68. The Morgan fingerprint density at radius 2 is 2.11 bits per heavy atom. The Kier molecular flexibility index (Phi) is 5.95. The maximum Gasteiger partial charge on any atom is 0.407 e. The van der Waals surface area contributed by atoms with Crippen LogP contribution in [0, 0.1) is 0 Å². The van der Waals surface area contributed by atoms with Gasteiger partial charge >= 0.3 is 6.09 Å². The van der Waals surface area contributed by atoms with Crippen LogP contribution in [0.4, 0.5) is 4.79 Å². The molecule has 0 saturated carbocycles. The fourth-order valence-corrected chi connectivity index (χ4v) is 1.61. The van der Waals surface area contributed by atoms with Gasteiger partial charge in [-0.05, 0) is 19.1 Å². The highest BCUT2D eigenvalue weighted by Gasteiger charge is 2.15. The molecule has 1 aromatic carbocycles. The lowest BCUT2D eigenvalue weighted by Crippen LogP contribution is -2.28. The van der Waals surface area contributed by atoms with E-state index in [9.17, 15) is 4.79 Å². The van der Waals surface area contributed by atoms with E-state index in [1.54, 1.807) is 26.4 Å². The number of methoxy groups -OCH3 is 2. The number of rotatable bonds is 6. The number of amides is 1. The fraction of sp³-hybridized carbons (Fsp3) is 0.462. The lowest BCUT2D eigenvalue weighted by Gasteiger charge is -2.17. The van der Waals surface area contributed by atoms with Crippen LogP contribution in [0.3, 0.4) is 0 Å². The number of aliphatic hydroxyl groups is 1. The molecule has 19 heavy (non-hydrogen) atoms. The quantitative estimate of drug-likeness (QED) is 0.818. The number of alkyl carbamates (subject to hydrolysis) is 1. The molecule has 0 aliphatic carbocycles. The highest BCUT2D eigenvalue weighted by Crippen LogP contribution is 2.29. The first-order valence-corrected chi connectivity index (χ1v) is 5.88. The molecule has 6 heteroatoms. The molecule has 1 amide bonds. The van der Waals surface area contributed by atoms with Gasteiger partial charge in [0, 0.05) is 11.6 Å². The van der Waals surface area contributed by atoms with E-state index in [1.165, 1.54) is 0 Å². The smallest absolute Gasteiger partial charge is 0.407 e. The summed E-state index contributed by atoms with van der Waals surface area (Å²) >= 11 is 0. The van der Waals surface area contributed by atoms with E-state index in [4.69, 9.17) is 19.3 Å². The molecule has 1 unspecified atom stereocenters. The Morgan fingerprint density at radius 1 is 1.37 bits per heavy atom. The van der Waals surface area contributed by atoms with Gasteiger partial charge in [0.1, 0.15) is 18.1 Å². The first-order valence-electron chi connectivity index (χ1n) is 5.88. The number of carbonyl (C=O) groups excluding carboxylic acids is 1. The topological polar surface area (TPSA) is 77.0 Å². The second kappa shape index (κ2) is 7.48. The summed E-state index contributed by atoms with van der Waals surface area (Å²) in [6, 6.07) is 5.06. The summed E-state index contributed by atoms with van der Waals surface area (Å²) in [7, 11) is 3.12. The predicted octanol–water partition coefficient (Wildman–Crippen LogP) is 1.48. The zero-order valence-electron chi connectivity index (χ0n) is 11.3. The largest absolute Gasteiger partial charge is 0.497 e. The van der Waals surface area contributed by atoms with Crippen molar-refractivity contribution in [2.45, 2.75) is 13.0 Å². The maximum atomic E-state index is 11.4. The van der Waals surface area contributed by atoms with E-state index in [1.807, 2.05) is 13.0 Å². The summed E-state index contributed by atoms with van der Waals surface area (Å²) in [5.74, 6) is 1.30. The minimum absolute atomic E-state index is 0.0295. The van der Waals surface area contributed by atoms with Crippen molar-refractivity contribution in [2.24, 2.45) is 0 Å². The first kappa shape index (κ1) is 15.1. The standard InChI is InChI=1S/C13H19NO5/c1-9(14-13(16)19-7-6-15)11-5-4-10(17-2)8-12(11)18-3/h4-5,8-9,15H,6-7H2,1-3H3,(H,14,16). The van der Waals surface area contributed by atoms with Crippen molar-refractivity contribution < 1.29 is 24.1 Å². The Labute approximate surface area is 112 Å². The van der Waals surface area contributed by atoms with Gasteiger partial charge in [-0.1, -0.05) is 0 Å². The van der Waals surface area contributed by atoms with Gasteiger partial charge in [0.15, 0.2) is 0 Å². The molecule has 6 nitrogen and oxygen atoms in total. The Morgan fingerprint density at radius 3 is 2.68 bits per heavy atom. The molecule has 106 valence electrons. The molecular weight excluding hydrogens is 250 g/mol. The average Bonchev–Trinajstić information content (AvgIpc) is 2.44. The number of ether oxygens (including phenoxy) is 3. The molecule has 0 saturated heterocycles. The monoisotopic (exact) mass is 269 g/mol. The van der Waals surface area contributed by atoms with Crippen molar-refractivity contribution in [1.82, 2.24) is 5.32 Å². The number of hydrogen-bond acceptors (Lipinski definition) is 5. The maximum absolute atomic E-state index is 11.4. The van der Waals surface area contributed by atoms with Crippen LogP contribution in [-0.4, -0.2) is 38.6 Å². The van der Waals surface area contributed by atoms with Crippen molar-refractivity contribution in [2.75, 3.05) is 27.4 Å². The van der Waals surface area contributed by atoms with Crippen molar-refractivity contribution >= 4 is 6.09 Å². The van der Waals surface area contributed by atoms with E-state index < -0.39 is 6.09 Å². The molecule has 1 rings (SSSR count). The van der Waals surface area contributed by atoms with Crippen LogP contribution in [-0.2, 0) is 4.74 Å². The number of hydrogen-bond donors (Lipinski definition) is 2. The number of nitrogens with one attached hydrogen (secondary N) is 1. The third-order valence-electron chi connectivity index (χ3n) is 2.57. The summed E-state index contributed by atoms with van der Waals surface area (Å²) in [5.41, 5.74) is 0.809. The minimum atomic E-state index is -0.584. The van der Waals surface area contributed by atoms with Crippen molar-refractivity contribution in [3.8, 4) is 11.5 Å². The van der Waals surface area contributed by atoms with Crippen LogP contribution < -0.4 is 14.8 Å². The van der Waals surface area contributed by atoms with Gasteiger partial charge in [-0.15, -0.1) is 0 Å². The molecule has 0 radical (unpaired) electrons. The normalized spacial score (nSPS) is 11.6. The minimum Gasteiger partial charge on any atom is -0.497 e. The summed E-state index contributed by atoms with van der Waals surface area (Å²) < 4.78 is 15.1. The summed E-state index contributed by atoms with van der Waals surface area (Å²) in [6.45, 7) is 1.58.